The second-order valence-electron chi connectivity index (χ2n) is 5.56. The van der Waals surface area contributed by atoms with Crippen LogP contribution in [0.15, 0.2) is 34.9 Å². The highest BCUT2D eigenvalue weighted by Crippen LogP contribution is 2.27. The average molecular weight is 368 g/mol. The minimum absolute atomic E-state index is 0.0492. The Bertz CT molecular complexity index is 860. The van der Waals surface area contributed by atoms with E-state index in [2.05, 4.69) is 9.34 Å². The first-order valence-electron chi connectivity index (χ1n) is 7.31. The highest BCUT2D eigenvalue weighted by molar-refractivity contribution is 7.85. The third-order valence-electron chi connectivity index (χ3n) is 3.64. The molecule has 0 bridgehead atoms. The fourth-order valence-corrected chi connectivity index (χ4v) is 2.70. The van der Waals surface area contributed by atoms with Gasteiger partial charge in [0, 0.05) is 11.6 Å². The van der Waals surface area contributed by atoms with Gasteiger partial charge in [-0.15, -0.1) is 0 Å². The Morgan fingerprint density at radius 2 is 2.12 bits per heavy atom. The van der Waals surface area contributed by atoms with Gasteiger partial charge in [-0.25, -0.2) is 4.79 Å². The molecular weight excluding hydrogens is 352 g/mol. The van der Waals surface area contributed by atoms with Crippen LogP contribution in [0.3, 0.4) is 0 Å². The van der Waals surface area contributed by atoms with Crippen molar-refractivity contribution in [1.82, 2.24) is 10.1 Å². The Morgan fingerprint density at radius 1 is 1.40 bits per heavy atom. The first-order valence-corrected chi connectivity index (χ1v) is 9.13. The molecule has 0 spiro atoms. The second kappa shape index (κ2) is 6.82. The lowest BCUT2D eigenvalue weighted by molar-refractivity contribution is 0.0853. The van der Waals surface area contributed by atoms with Crippen LogP contribution in [0.4, 0.5) is 4.79 Å². The van der Waals surface area contributed by atoms with Crippen molar-refractivity contribution >= 4 is 16.2 Å². The van der Waals surface area contributed by atoms with E-state index in [0.29, 0.717) is 11.5 Å². The van der Waals surface area contributed by atoms with Crippen LogP contribution in [-0.2, 0) is 25.6 Å². The molecule has 2 heterocycles. The summed E-state index contributed by atoms with van der Waals surface area (Å²) < 4.78 is 37.3. The summed E-state index contributed by atoms with van der Waals surface area (Å²) in [6, 6.07) is 8.83. The first kappa shape index (κ1) is 17.4. The van der Waals surface area contributed by atoms with Gasteiger partial charge in [-0.05, 0) is 5.56 Å². The van der Waals surface area contributed by atoms with Crippen molar-refractivity contribution in [3.05, 3.63) is 41.6 Å². The minimum Gasteiger partial charge on any atom is -0.465 e. The molecule has 1 atom stereocenters. The zero-order valence-corrected chi connectivity index (χ0v) is 14.1. The Balaban J connectivity index is 1.67. The second-order valence-corrected chi connectivity index (χ2v) is 7.20. The van der Waals surface area contributed by atoms with Crippen LogP contribution in [0, 0.1) is 0 Å². The molecule has 1 aliphatic rings. The maximum atomic E-state index is 11.0. The summed E-state index contributed by atoms with van der Waals surface area (Å²) in [5.74, 6) is 0.471. The summed E-state index contributed by atoms with van der Waals surface area (Å²) in [5, 5.41) is 12.7. The van der Waals surface area contributed by atoms with E-state index >= 15 is 0 Å². The molecule has 9 nitrogen and oxygen atoms in total. The van der Waals surface area contributed by atoms with Gasteiger partial charge in [0.2, 0.25) is 0 Å². The Labute approximate surface area is 143 Å². The largest absolute Gasteiger partial charge is 0.465 e. The monoisotopic (exact) mass is 368 g/mol. The van der Waals surface area contributed by atoms with Gasteiger partial charge in [-0.3, -0.25) is 9.08 Å². The van der Waals surface area contributed by atoms with Crippen molar-refractivity contribution in [2.45, 2.75) is 12.7 Å². The highest BCUT2D eigenvalue weighted by atomic mass is 32.2. The summed E-state index contributed by atoms with van der Waals surface area (Å²) in [6.07, 6.45) is -0.355. The Hall–Kier alpha value is -2.43. The summed E-state index contributed by atoms with van der Waals surface area (Å²) in [6.45, 7) is 0.138. The number of benzene rings is 1. The Morgan fingerprint density at radius 3 is 2.72 bits per heavy atom. The van der Waals surface area contributed by atoms with E-state index in [4.69, 9.17) is 14.4 Å². The molecule has 1 saturated heterocycles. The van der Waals surface area contributed by atoms with Gasteiger partial charge in [0.05, 0.1) is 12.8 Å². The molecule has 1 aliphatic heterocycles. The summed E-state index contributed by atoms with van der Waals surface area (Å²) >= 11 is 0. The van der Waals surface area contributed by atoms with E-state index in [1.165, 1.54) is 4.90 Å². The van der Waals surface area contributed by atoms with Gasteiger partial charge >= 0.3 is 6.09 Å². The molecule has 1 unspecified atom stereocenters. The number of hydrogen-bond acceptors (Lipinski definition) is 7. The lowest BCUT2D eigenvalue weighted by atomic mass is 10.1. The van der Waals surface area contributed by atoms with Crippen LogP contribution in [0.25, 0.3) is 11.3 Å². The van der Waals surface area contributed by atoms with Gasteiger partial charge in [0.25, 0.3) is 10.1 Å². The van der Waals surface area contributed by atoms with Crippen LogP contribution in [0.1, 0.15) is 17.4 Å². The van der Waals surface area contributed by atoms with Crippen LogP contribution in [0.5, 0.6) is 0 Å². The van der Waals surface area contributed by atoms with Crippen LogP contribution in [-0.4, -0.2) is 49.2 Å². The van der Waals surface area contributed by atoms with Crippen molar-refractivity contribution in [2.75, 3.05) is 19.5 Å². The minimum atomic E-state index is -3.54. The van der Waals surface area contributed by atoms with Crippen molar-refractivity contribution in [3.8, 4) is 11.3 Å². The van der Waals surface area contributed by atoms with Crippen molar-refractivity contribution in [2.24, 2.45) is 0 Å². The molecule has 1 aromatic carbocycles. The van der Waals surface area contributed by atoms with Crippen molar-refractivity contribution in [1.29, 1.82) is 0 Å². The number of aromatic nitrogens is 1. The normalized spacial score (nSPS) is 17.8. The number of hydrogen-bond donors (Lipinski definition) is 1. The molecular formula is C15H16N2O7S. The third kappa shape index (κ3) is 4.35. The molecule has 134 valence electrons. The summed E-state index contributed by atoms with van der Waals surface area (Å²) in [7, 11) is -3.54. The lowest BCUT2D eigenvalue weighted by Gasteiger charge is -2.10. The fraction of sp³-hybridized carbons (Fsp3) is 0.333. The molecule has 25 heavy (non-hydrogen) atoms. The smallest absolute Gasteiger partial charge is 0.409 e. The average Bonchev–Trinajstić information content (AvgIpc) is 3.22. The molecule has 1 N–H and O–H groups in total. The lowest BCUT2D eigenvalue weighted by Crippen LogP contribution is -2.26. The topological polar surface area (TPSA) is 119 Å². The number of amides is 1. The standard InChI is InChI=1S/C15H16N2O7S/c1-25(20,21)23-8-12-6-13(24-16-12)10-2-4-11(5-3-10)14-7-17(9-22-14)15(18)19/h2-6,14H,7-9H2,1H3,(H,18,19). The fourth-order valence-electron chi connectivity index (χ4n) is 2.37. The van der Waals surface area contributed by atoms with E-state index in [1.807, 2.05) is 12.1 Å². The third-order valence-corrected chi connectivity index (χ3v) is 4.18. The van der Waals surface area contributed by atoms with E-state index in [1.54, 1.807) is 18.2 Å². The van der Waals surface area contributed by atoms with E-state index in [-0.39, 0.29) is 26.0 Å². The first-order chi connectivity index (χ1) is 11.8. The number of ether oxygens (including phenoxy) is 1. The number of rotatable bonds is 5. The Kier molecular flexibility index (Phi) is 4.75. The summed E-state index contributed by atoms with van der Waals surface area (Å²) in [4.78, 5) is 12.1. The van der Waals surface area contributed by atoms with Gasteiger partial charge in [0.15, 0.2) is 5.76 Å². The van der Waals surface area contributed by atoms with Crippen LogP contribution < -0.4 is 0 Å². The highest BCUT2D eigenvalue weighted by Gasteiger charge is 2.27. The number of nitrogens with zero attached hydrogens (tertiary/aromatic N) is 2. The maximum Gasteiger partial charge on any atom is 0.409 e. The zero-order valence-electron chi connectivity index (χ0n) is 13.3. The molecule has 0 saturated carbocycles. The molecule has 0 radical (unpaired) electrons. The van der Waals surface area contributed by atoms with Crippen molar-refractivity contribution < 1.29 is 31.8 Å². The number of carbonyl (C=O) groups is 1. The molecule has 2 aromatic rings. The SMILES string of the molecule is CS(=O)(=O)OCc1cc(-c2ccc(C3CN(C(=O)O)CO3)cc2)on1. The van der Waals surface area contributed by atoms with Crippen molar-refractivity contribution in [3.63, 3.8) is 0 Å². The van der Waals surface area contributed by atoms with Gasteiger partial charge in [-0.2, -0.15) is 8.42 Å². The van der Waals surface area contributed by atoms with E-state index < -0.39 is 16.2 Å². The van der Waals surface area contributed by atoms with Crippen LogP contribution in [0.2, 0.25) is 0 Å². The predicted molar refractivity (Wildman–Crippen MR) is 85.0 cm³/mol. The maximum absolute atomic E-state index is 11.0. The van der Waals surface area contributed by atoms with Gasteiger partial charge in [0.1, 0.15) is 25.1 Å². The molecule has 3 rings (SSSR count). The molecule has 1 aromatic heterocycles. The predicted octanol–water partition coefficient (Wildman–Crippen LogP) is 1.83. The number of carboxylic acid groups (broad SMARTS) is 1. The van der Waals surface area contributed by atoms with E-state index in [9.17, 15) is 13.2 Å². The quantitative estimate of drug-likeness (QED) is 0.794. The molecule has 0 aliphatic carbocycles. The van der Waals surface area contributed by atoms with Crippen LogP contribution >= 0.6 is 0 Å². The molecule has 1 amide bonds. The zero-order chi connectivity index (χ0) is 18.0. The van der Waals surface area contributed by atoms with Gasteiger partial charge in [-0.1, -0.05) is 29.4 Å². The molecule has 1 fully saturated rings. The van der Waals surface area contributed by atoms with E-state index in [0.717, 1.165) is 17.4 Å². The molecule has 10 heteroatoms. The van der Waals surface area contributed by atoms with Gasteiger partial charge < -0.3 is 14.4 Å². The summed E-state index contributed by atoms with van der Waals surface area (Å²) in [5.41, 5.74) is 1.96.